The second-order valence-electron chi connectivity index (χ2n) is 5.65. The lowest BCUT2D eigenvalue weighted by molar-refractivity contribution is 0.0555. The number of piperidine rings is 1. The first-order valence-electron chi connectivity index (χ1n) is 6.75. The van der Waals surface area contributed by atoms with Gasteiger partial charge in [0, 0.05) is 0 Å². The Morgan fingerprint density at radius 2 is 2.00 bits per heavy atom. The molecule has 1 aliphatic heterocycles. The monoisotopic (exact) mass is 231 g/mol. The third-order valence-corrected chi connectivity index (χ3v) is 3.93. The van der Waals surface area contributed by atoms with Gasteiger partial charge < -0.3 is 10.1 Å². The van der Waals surface area contributed by atoms with Crippen LogP contribution in [0.1, 0.15) is 44.1 Å². The Kier molecular flexibility index (Phi) is 2.83. The van der Waals surface area contributed by atoms with Crippen molar-refractivity contribution in [3.8, 4) is 5.75 Å². The minimum Gasteiger partial charge on any atom is -0.487 e. The normalized spacial score (nSPS) is 23.4. The van der Waals surface area contributed by atoms with Gasteiger partial charge in [-0.25, -0.2) is 0 Å². The van der Waals surface area contributed by atoms with E-state index in [1.165, 1.54) is 18.4 Å². The number of rotatable bonds is 3. The summed E-state index contributed by atoms with van der Waals surface area (Å²) in [5, 5.41) is 3.39. The molecule has 0 radical (unpaired) electrons. The van der Waals surface area contributed by atoms with E-state index in [0.717, 1.165) is 37.6 Å². The van der Waals surface area contributed by atoms with Crippen LogP contribution in [0, 0.1) is 0 Å². The van der Waals surface area contributed by atoms with Crippen LogP contribution < -0.4 is 10.1 Å². The molecule has 2 aliphatic rings. The number of ether oxygens (including phenoxy) is 1. The first kappa shape index (κ1) is 11.1. The van der Waals surface area contributed by atoms with Crippen molar-refractivity contribution >= 4 is 0 Å². The predicted octanol–water partition coefficient (Wildman–Crippen LogP) is 3.08. The van der Waals surface area contributed by atoms with Crippen LogP contribution in [-0.2, 0) is 0 Å². The fourth-order valence-electron chi connectivity index (χ4n) is 2.59. The second-order valence-corrected chi connectivity index (χ2v) is 5.65. The Morgan fingerprint density at radius 1 is 1.24 bits per heavy atom. The van der Waals surface area contributed by atoms with E-state index in [0.29, 0.717) is 0 Å². The highest BCUT2D eigenvalue weighted by Crippen LogP contribution is 2.41. The maximum Gasteiger partial charge on any atom is 0.120 e. The summed E-state index contributed by atoms with van der Waals surface area (Å²) < 4.78 is 6.22. The van der Waals surface area contributed by atoms with Crippen molar-refractivity contribution in [2.75, 3.05) is 13.1 Å². The van der Waals surface area contributed by atoms with Gasteiger partial charge in [0.05, 0.1) is 0 Å². The van der Waals surface area contributed by atoms with Crippen LogP contribution >= 0.6 is 0 Å². The van der Waals surface area contributed by atoms with Crippen LogP contribution in [0.3, 0.4) is 0 Å². The van der Waals surface area contributed by atoms with E-state index in [-0.39, 0.29) is 5.60 Å². The molecule has 1 aromatic carbocycles. The van der Waals surface area contributed by atoms with Crippen LogP contribution in [0.4, 0.5) is 0 Å². The average Bonchev–Trinajstić information content (AvgIpc) is 3.13. The highest BCUT2D eigenvalue weighted by atomic mass is 16.5. The summed E-state index contributed by atoms with van der Waals surface area (Å²) in [5.41, 5.74) is 1.48. The standard InChI is InChI=1S/C15H21NO/c1-15(7-9-16-10-8-15)17-14-4-2-3-13(11-14)12-5-6-12/h2-4,11-12,16H,5-10H2,1H3. The lowest BCUT2D eigenvalue weighted by atomic mass is 9.94. The van der Waals surface area contributed by atoms with Crippen molar-refractivity contribution < 1.29 is 4.74 Å². The lowest BCUT2D eigenvalue weighted by Crippen LogP contribution is -2.43. The third-order valence-electron chi connectivity index (χ3n) is 3.93. The van der Waals surface area contributed by atoms with Gasteiger partial charge in [-0.3, -0.25) is 0 Å². The molecule has 1 saturated heterocycles. The molecule has 1 aliphatic carbocycles. The summed E-state index contributed by atoms with van der Waals surface area (Å²) in [5.74, 6) is 1.86. The molecule has 0 unspecified atom stereocenters. The van der Waals surface area contributed by atoms with Crippen molar-refractivity contribution in [1.29, 1.82) is 0 Å². The molecule has 3 rings (SSSR count). The van der Waals surface area contributed by atoms with Gasteiger partial charge >= 0.3 is 0 Å². The van der Waals surface area contributed by atoms with E-state index in [1.54, 1.807) is 0 Å². The minimum atomic E-state index is 0.0213. The number of nitrogens with one attached hydrogen (secondary N) is 1. The van der Waals surface area contributed by atoms with Crippen LogP contribution in [0.5, 0.6) is 5.75 Å². The van der Waals surface area contributed by atoms with Gasteiger partial charge in [0.15, 0.2) is 0 Å². The molecule has 0 spiro atoms. The van der Waals surface area contributed by atoms with E-state index in [1.807, 2.05) is 0 Å². The molecular formula is C15H21NO. The molecule has 17 heavy (non-hydrogen) atoms. The van der Waals surface area contributed by atoms with Crippen LogP contribution in [-0.4, -0.2) is 18.7 Å². The quantitative estimate of drug-likeness (QED) is 0.863. The molecule has 0 aromatic heterocycles. The van der Waals surface area contributed by atoms with Gasteiger partial charge in [0.1, 0.15) is 11.4 Å². The lowest BCUT2D eigenvalue weighted by Gasteiger charge is -2.34. The highest BCUT2D eigenvalue weighted by Gasteiger charge is 2.29. The number of benzene rings is 1. The van der Waals surface area contributed by atoms with Gasteiger partial charge in [-0.05, 0) is 69.3 Å². The molecule has 1 heterocycles. The topological polar surface area (TPSA) is 21.3 Å². The van der Waals surface area contributed by atoms with E-state index >= 15 is 0 Å². The summed E-state index contributed by atoms with van der Waals surface area (Å²) in [6, 6.07) is 8.70. The van der Waals surface area contributed by atoms with Gasteiger partial charge in [0.2, 0.25) is 0 Å². The third kappa shape index (κ3) is 2.63. The second kappa shape index (κ2) is 4.34. The average molecular weight is 231 g/mol. The van der Waals surface area contributed by atoms with Crippen LogP contribution in [0.25, 0.3) is 0 Å². The maximum absolute atomic E-state index is 6.22. The molecule has 0 bridgehead atoms. The Balaban J connectivity index is 1.72. The Labute approximate surface area is 103 Å². The van der Waals surface area contributed by atoms with Crippen LogP contribution in [0.2, 0.25) is 0 Å². The van der Waals surface area contributed by atoms with E-state index in [9.17, 15) is 0 Å². The van der Waals surface area contributed by atoms with Crippen molar-refractivity contribution in [3.05, 3.63) is 29.8 Å². The predicted molar refractivity (Wildman–Crippen MR) is 69.6 cm³/mol. The zero-order valence-electron chi connectivity index (χ0n) is 10.5. The van der Waals surface area contributed by atoms with Crippen molar-refractivity contribution in [2.24, 2.45) is 0 Å². The summed E-state index contributed by atoms with van der Waals surface area (Å²) in [7, 11) is 0. The van der Waals surface area contributed by atoms with E-state index in [4.69, 9.17) is 4.74 Å². The molecule has 2 nitrogen and oxygen atoms in total. The summed E-state index contributed by atoms with van der Waals surface area (Å²) in [6.45, 7) is 4.37. The Bertz CT molecular complexity index is 392. The maximum atomic E-state index is 6.22. The fourth-order valence-corrected chi connectivity index (χ4v) is 2.59. The molecule has 0 atom stereocenters. The van der Waals surface area contributed by atoms with Crippen molar-refractivity contribution in [1.82, 2.24) is 5.32 Å². The fraction of sp³-hybridized carbons (Fsp3) is 0.600. The number of hydrogen-bond acceptors (Lipinski definition) is 2. The summed E-state index contributed by atoms with van der Waals surface area (Å²) in [4.78, 5) is 0. The molecule has 0 amide bonds. The van der Waals surface area contributed by atoms with E-state index < -0.39 is 0 Å². The molecule has 2 heteroatoms. The summed E-state index contributed by atoms with van der Waals surface area (Å²) in [6.07, 6.45) is 4.90. The first-order chi connectivity index (χ1) is 8.25. The number of hydrogen-bond donors (Lipinski definition) is 1. The molecule has 1 aromatic rings. The zero-order valence-corrected chi connectivity index (χ0v) is 10.5. The molecule has 92 valence electrons. The highest BCUT2D eigenvalue weighted by molar-refractivity contribution is 5.33. The SMILES string of the molecule is CC1(Oc2cccc(C3CC3)c2)CCNCC1. The van der Waals surface area contributed by atoms with Gasteiger partial charge in [0.25, 0.3) is 0 Å². The Morgan fingerprint density at radius 3 is 2.71 bits per heavy atom. The van der Waals surface area contributed by atoms with Crippen molar-refractivity contribution in [3.63, 3.8) is 0 Å². The van der Waals surface area contributed by atoms with Crippen molar-refractivity contribution in [2.45, 2.75) is 44.1 Å². The largest absolute Gasteiger partial charge is 0.487 e. The first-order valence-corrected chi connectivity index (χ1v) is 6.75. The molecule has 2 fully saturated rings. The Hall–Kier alpha value is -1.02. The van der Waals surface area contributed by atoms with Gasteiger partial charge in [-0.15, -0.1) is 0 Å². The summed E-state index contributed by atoms with van der Waals surface area (Å²) >= 11 is 0. The zero-order chi connectivity index (χ0) is 11.7. The smallest absolute Gasteiger partial charge is 0.120 e. The van der Waals surface area contributed by atoms with Gasteiger partial charge in [-0.2, -0.15) is 0 Å². The van der Waals surface area contributed by atoms with Crippen LogP contribution in [0.15, 0.2) is 24.3 Å². The minimum absolute atomic E-state index is 0.0213. The molecular weight excluding hydrogens is 210 g/mol. The van der Waals surface area contributed by atoms with Gasteiger partial charge in [-0.1, -0.05) is 12.1 Å². The van der Waals surface area contributed by atoms with E-state index in [2.05, 4.69) is 36.5 Å². The molecule has 1 saturated carbocycles. The molecule has 1 N–H and O–H groups in total.